The molecule has 1 N–H and O–H groups in total. The van der Waals surface area contributed by atoms with Crippen LogP contribution in [-0.2, 0) is 12.8 Å². The van der Waals surface area contributed by atoms with Crippen molar-refractivity contribution >= 4 is 0 Å². The highest BCUT2D eigenvalue weighted by Crippen LogP contribution is 2.35. The number of hydrogen-bond acceptors (Lipinski definition) is 3. The maximum absolute atomic E-state index is 11.7. The Morgan fingerprint density at radius 2 is 1.89 bits per heavy atom. The van der Waals surface area contributed by atoms with E-state index < -0.39 is 0 Å². The molecule has 0 aliphatic heterocycles. The molecular weight excluding hydrogens is 242 g/mol. The maximum Gasteiger partial charge on any atom is 0.290 e. The van der Waals surface area contributed by atoms with Crippen LogP contribution in [0.2, 0.25) is 0 Å². The Labute approximate surface area is 111 Å². The van der Waals surface area contributed by atoms with Crippen molar-refractivity contribution in [1.82, 2.24) is 4.98 Å². The predicted molar refractivity (Wildman–Crippen MR) is 73.0 cm³/mol. The van der Waals surface area contributed by atoms with Crippen molar-refractivity contribution < 1.29 is 9.47 Å². The summed E-state index contributed by atoms with van der Waals surface area (Å²) in [5.41, 5.74) is 4.22. The van der Waals surface area contributed by atoms with E-state index in [9.17, 15) is 4.79 Å². The average Bonchev–Trinajstić information content (AvgIpc) is 2.45. The molecule has 0 bridgehead atoms. The molecule has 0 spiro atoms. The number of pyridine rings is 1. The van der Waals surface area contributed by atoms with E-state index in [2.05, 4.69) is 11.1 Å². The van der Waals surface area contributed by atoms with Gasteiger partial charge in [-0.15, -0.1) is 0 Å². The van der Waals surface area contributed by atoms with Gasteiger partial charge in [-0.05, 0) is 42.2 Å². The van der Waals surface area contributed by atoms with Gasteiger partial charge in [0.05, 0.1) is 14.2 Å². The summed E-state index contributed by atoms with van der Waals surface area (Å²) in [4.78, 5) is 14.6. The molecule has 0 amide bonds. The SMILES string of the molecule is COc1ccc2c(c1)CCc1[nH]c(=O)c(OC)cc1-2. The molecule has 0 fully saturated rings. The quantitative estimate of drug-likeness (QED) is 0.897. The zero-order valence-corrected chi connectivity index (χ0v) is 10.9. The van der Waals surface area contributed by atoms with Gasteiger partial charge in [0.1, 0.15) is 5.75 Å². The number of rotatable bonds is 2. The van der Waals surface area contributed by atoms with Crippen molar-refractivity contribution in [3.8, 4) is 22.6 Å². The van der Waals surface area contributed by atoms with Gasteiger partial charge in [-0.3, -0.25) is 4.79 Å². The summed E-state index contributed by atoms with van der Waals surface area (Å²) < 4.78 is 10.4. The predicted octanol–water partition coefficient (Wildman–Crippen LogP) is 2.16. The fourth-order valence-electron chi connectivity index (χ4n) is 2.57. The normalized spacial score (nSPS) is 12.5. The van der Waals surface area contributed by atoms with E-state index in [1.807, 2.05) is 18.2 Å². The number of benzene rings is 1. The molecule has 0 radical (unpaired) electrons. The van der Waals surface area contributed by atoms with Crippen molar-refractivity contribution in [3.63, 3.8) is 0 Å². The molecule has 0 saturated heterocycles. The van der Waals surface area contributed by atoms with Crippen LogP contribution < -0.4 is 15.0 Å². The highest BCUT2D eigenvalue weighted by molar-refractivity contribution is 5.73. The van der Waals surface area contributed by atoms with Crippen molar-refractivity contribution in [2.24, 2.45) is 0 Å². The minimum Gasteiger partial charge on any atom is -0.497 e. The first kappa shape index (κ1) is 11.8. The molecule has 1 aromatic carbocycles. The van der Waals surface area contributed by atoms with E-state index in [0.29, 0.717) is 5.75 Å². The van der Waals surface area contributed by atoms with E-state index >= 15 is 0 Å². The van der Waals surface area contributed by atoms with Crippen LogP contribution in [-0.4, -0.2) is 19.2 Å². The Balaban J connectivity index is 2.20. The van der Waals surface area contributed by atoms with Crippen LogP contribution in [0.15, 0.2) is 29.1 Å². The highest BCUT2D eigenvalue weighted by Gasteiger charge is 2.19. The van der Waals surface area contributed by atoms with Crippen LogP contribution in [0.25, 0.3) is 11.1 Å². The number of hydrogen-bond donors (Lipinski definition) is 1. The fraction of sp³-hybridized carbons (Fsp3) is 0.267. The summed E-state index contributed by atoms with van der Waals surface area (Å²) in [5, 5.41) is 0. The van der Waals surface area contributed by atoms with E-state index in [1.165, 1.54) is 12.7 Å². The number of H-pyrrole nitrogens is 1. The van der Waals surface area contributed by atoms with Crippen LogP contribution in [0.4, 0.5) is 0 Å². The summed E-state index contributed by atoms with van der Waals surface area (Å²) in [6, 6.07) is 7.84. The van der Waals surface area contributed by atoms with Crippen LogP contribution in [0.1, 0.15) is 11.3 Å². The molecule has 1 aliphatic rings. The molecular formula is C15H15NO3. The number of aryl methyl sites for hydroxylation is 2. The first-order valence-electron chi connectivity index (χ1n) is 6.20. The third kappa shape index (κ3) is 1.89. The average molecular weight is 257 g/mol. The molecule has 3 rings (SSSR count). The molecule has 1 aliphatic carbocycles. The first-order chi connectivity index (χ1) is 9.22. The van der Waals surface area contributed by atoms with Gasteiger partial charge in [-0.2, -0.15) is 0 Å². The minimum atomic E-state index is -0.168. The van der Waals surface area contributed by atoms with Gasteiger partial charge in [0, 0.05) is 11.3 Å². The summed E-state index contributed by atoms with van der Waals surface area (Å²) >= 11 is 0. The lowest BCUT2D eigenvalue weighted by molar-refractivity contribution is 0.408. The zero-order valence-electron chi connectivity index (χ0n) is 10.9. The number of aromatic amines is 1. The third-order valence-corrected chi connectivity index (χ3v) is 3.56. The van der Waals surface area contributed by atoms with Crippen molar-refractivity contribution in [1.29, 1.82) is 0 Å². The van der Waals surface area contributed by atoms with Crippen molar-refractivity contribution in [3.05, 3.63) is 45.9 Å². The van der Waals surface area contributed by atoms with Gasteiger partial charge in [0.25, 0.3) is 5.56 Å². The second kappa shape index (κ2) is 4.46. The molecule has 19 heavy (non-hydrogen) atoms. The topological polar surface area (TPSA) is 51.3 Å². The summed E-state index contributed by atoms with van der Waals surface area (Å²) in [5.74, 6) is 1.21. The van der Waals surface area contributed by atoms with Crippen molar-refractivity contribution in [2.75, 3.05) is 14.2 Å². The van der Waals surface area contributed by atoms with E-state index in [4.69, 9.17) is 9.47 Å². The van der Waals surface area contributed by atoms with Crippen LogP contribution in [0, 0.1) is 0 Å². The Morgan fingerprint density at radius 3 is 2.63 bits per heavy atom. The molecule has 0 saturated carbocycles. The maximum atomic E-state index is 11.7. The van der Waals surface area contributed by atoms with E-state index in [-0.39, 0.29) is 5.56 Å². The smallest absolute Gasteiger partial charge is 0.290 e. The molecule has 0 atom stereocenters. The second-order valence-corrected chi connectivity index (χ2v) is 4.58. The first-order valence-corrected chi connectivity index (χ1v) is 6.20. The van der Waals surface area contributed by atoms with Crippen LogP contribution >= 0.6 is 0 Å². The monoisotopic (exact) mass is 257 g/mol. The number of fused-ring (bicyclic) bond motifs is 3. The summed E-state index contributed by atoms with van der Waals surface area (Å²) in [6.07, 6.45) is 1.73. The molecule has 98 valence electrons. The Morgan fingerprint density at radius 1 is 1.05 bits per heavy atom. The lowest BCUT2D eigenvalue weighted by Crippen LogP contribution is -2.16. The molecule has 2 aromatic rings. The molecule has 0 unspecified atom stereocenters. The van der Waals surface area contributed by atoms with Crippen molar-refractivity contribution in [2.45, 2.75) is 12.8 Å². The molecule has 1 heterocycles. The Kier molecular flexibility index (Phi) is 2.78. The molecule has 1 aromatic heterocycles. The number of aromatic nitrogens is 1. The largest absolute Gasteiger partial charge is 0.497 e. The molecule has 4 heteroatoms. The highest BCUT2D eigenvalue weighted by atomic mass is 16.5. The Bertz CT molecular complexity index is 688. The lowest BCUT2D eigenvalue weighted by atomic mass is 9.88. The van der Waals surface area contributed by atoms with Gasteiger partial charge in [0.2, 0.25) is 0 Å². The third-order valence-electron chi connectivity index (χ3n) is 3.56. The van der Waals surface area contributed by atoms with Crippen LogP contribution in [0.3, 0.4) is 0 Å². The molecule has 4 nitrogen and oxygen atoms in total. The van der Waals surface area contributed by atoms with E-state index in [0.717, 1.165) is 35.4 Å². The minimum absolute atomic E-state index is 0.168. The van der Waals surface area contributed by atoms with Gasteiger partial charge in [-0.1, -0.05) is 6.07 Å². The standard InChI is InChI=1S/C15H15NO3/c1-18-10-4-5-11-9(7-10)3-6-13-12(11)8-14(19-2)15(17)16-13/h4-5,7-8H,3,6H2,1-2H3,(H,16,17). The van der Waals surface area contributed by atoms with E-state index in [1.54, 1.807) is 7.11 Å². The van der Waals surface area contributed by atoms with Gasteiger partial charge >= 0.3 is 0 Å². The number of ether oxygens (including phenoxy) is 2. The second-order valence-electron chi connectivity index (χ2n) is 4.58. The Hall–Kier alpha value is -2.23. The van der Waals surface area contributed by atoms with Gasteiger partial charge < -0.3 is 14.5 Å². The number of nitrogens with one attached hydrogen (secondary N) is 1. The van der Waals surface area contributed by atoms with Gasteiger partial charge in [-0.25, -0.2) is 0 Å². The summed E-state index contributed by atoms with van der Waals surface area (Å²) in [6.45, 7) is 0. The van der Waals surface area contributed by atoms with Crippen LogP contribution in [0.5, 0.6) is 11.5 Å². The lowest BCUT2D eigenvalue weighted by Gasteiger charge is -2.20. The van der Waals surface area contributed by atoms with Gasteiger partial charge in [0.15, 0.2) is 5.75 Å². The summed E-state index contributed by atoms with van der Waals surface area (Å²) in [7, 11) is 3.17. The fourth-order valence-corrected chi connectivity index (χ4v) is 2.57. The zero-order chi connectivity index (χ0) is 13.4. The number of methoxy groups -OCH3 is 2.